The molecule has 6 aromatic carbocycles. The maximum absolute atomic E-state index is 4.01. The molecular weight excluding hydrogens is 476 g/mol. The molecule has 0 unspecified atom stereocenters. The van der Waals surface area contributed by atoms with Crippen LogP contribution in [0.3, 0.4) is 0 Å². The van der Waals surface area contributed by atoms with Crippen molar-refractivity contribution in [1.29, 1.82) is 0 Å². The third kappa shape index (κ3) is 2.65. The molecule has 1 aliphatic carbocycles. The highest BCUT2D eigenvalue weighted by Crippen LogP contribution is 2.52. The normalized spacial score (nSPS) is 14.0. The maximum Gasteiger partial charge on any atom is 0.0332 e. The second-order valence-corrected chi connectivity index (χ2v) is 10.7. The standard InChI is InChI=1S/C33H23Br/c1-33(2)29-14-8-7-11-23(29)26-18-27-28(19-30(26)33)32(34)25-13-6-5-12-24(25)31(27)22-16-15-20-9-3-4-10-21(20)17-22/h3-19H,1-2H3. The van der Waals surface area contributed by atoms with Crippen molar-refractivity contribution < 1.29 is 0 Å². The molecule has 0 aromatic heterocycles. The van der Waals surface area contributed by atoms with Gasteiger partial charge in [-0.3, -0.25) is 0 Å². The Bertz CT molecular complexity index is 1790. The zero-order chi connectivity index (χ0) is 23.0. The molecule has 34 heavy (non-hydrogen) atoms. The molecule has 1 heteroatoms. The Hall–Kier alpha value is -3.42. The number of hydrogen-bond acceptors (Lipinski definition) is 0. The minimum Gasteiger partial charge on any atom is -0.0619 e. The molecule has 0 radical (unpaired) electrons. The van der Waals surface area contributed by atoms with Crippen molar-refractivity contribution in [2.45, 2.75) is 19.3 Å². The molecule has 0 amide bonds. The predicted octanol–water partition coefficient (Wildman–Crippen LogP) is 9.88. The lowest BCUT2D eigenvalue weighted by Gasteiger charge is -2.23. The molecule has 0 bridgehead atoms. The summed E-state index contributed by atoms with van der Waals surface area (Å²) in [4.78, 5) is 0. The maximum atomic E-state index is 4.01. The first-order valence-corrected chi connectivity index (χ1v) is 12.6. The Morgan fingerprint density at radius 2 is 1.24 bits per heavy atom. The molecule has 0 saturated carbocycles. The second-order valence-electron chi connectivity index (χ2n) is 9.91. The molecule has 6 aromatic rings. The van der Waals surface area contributed by atoms with Crippen molar-refractivity contribution in [3.8, 4) is 22.3 Å². The highest BCUT2D eigenvalue weighted by molar-refractivity contribution is 9.10. The summed E-state index contributed by atoms with van der Waals surface area (Å²) < 4.78 is 1.18. The van der Waals surface area contributed by atoms with Crippen LogP contribution in [-0.4, -0.2) is 0 Å². The van der Waals surface area contributed by atoms with Crippen LogP contribution in [0.1, 0.15) is 25.0 Å². The van der Waals surface area contributed by atoms with E-state index in [2.05, 4.69) is 133 Å². The lowest BCUT2D eigenvalue weighted by Crippen LogP contribution is -2.14. The largest absolute Gasteiger partial charge is 0.0619 e. The topological polar surface area (TPSA) is 0 Å². The third-order valence-corrected chi connectivity index (χ3v) is 8.55. The molecule has 0 N–H and O–H groups in total. The lowest BCUT2D eigenvalue weighted by molar-refractivity contribution is 0.661. The van der Waals surface area contributed by atoms with Crippen molar-refractivity contribution in [1.82, 2.24) is 0 Å². The van der Waals surface area contributed by atoms with E-state index in [9.17, 15) is 0 Å². The van der Waals surface area contributed by atoms with Crippen LogP contribution in [0, 0.1) is 0 Å². The van der Waals surface area contributed by atoms with E-state index in [0.29, 0.717) is 0 Å². The van der Waals surface area contributed by atoms with Gasteiger partial charge >= 0.3 is 0 Å². The second kappa shape index (κ2) is 7.04. The minimum absolute atomic E-state index is 0.0195. The van der Waals surface area contributed by atoms with Gasteiger partial charge < -0.3 is 0 Å². The Balaban J connectivity index is 1.66. The Morgan fingerprint density at radius 1 is 0.529 bits per heavy atom. The van der Waals surface area contributed by atoms with Gasteiger partial charge in [-0.15, -0.1) is 0 Å². The number of halogens is 1. The van der Waals surface area contributed by atoms with Gasteiger partial charge in [-0.1, -0.05) is 98.8 Å². The molecule has 0 atom stereocenters. The van der Waals surface area contributed by atoms with Crippen molar-refractivity contribution in [3.05, 3.63) is 119 Å². The zero-order valence-corrected chi connectivity index (χ0v) is 20.8. The first-order valence-electron chi connectivity index (χ1n) is 11.8. The van der Waals surface area contributed by atoms with Gasteiger partial charge in [-0.25, -0.2) is 0 Å². The highest BCUT2D eigenvalue weighted by Gasteiger charge is 2.36. The van der Waals surface area contributed by atoms with Crippen LogP contribution in [0.5, 0.6) is 0 Å². The van der Waals surface area contributed by atoms with E-state index in [1.807, 2.05) is 0 Å². The summed E-state index contributed by atoms with van der Waals surface area (Å²) in [6.07, 6.45) is 0. The highest BCUT2D eigenvalue weighted by atomic mass is 79.9. The van der Waals surface area contributed by atoms with Gasteiger partial charge in [0.15, 0.2) is 0 Å². The van der Waals surface area contributed by atoms with Gasteiger partial charge in [-0.2, -0.15) is 0 Å². The van der Waals surface area contributed by atoms with E-state index < -0.39 is 0 Å². The third-order valence-electron chi connectivity index (χ3n) is 7.70. The summed E-state index contributed by atoms with van der Waals surface area (Å²) >= 11 is 4.01. The molecule has 1 aliphatic rings. The fourth-order valence-corrected chi connectivity index (χ4v) is 6.65. The van der Waals surface area contributed by atoms with Crippen molar-refractivity contribution in [3.63, 3.8) is 0 Å². The van der Waals surface area contributed by atoms with Crippen LogP contribution in [0.2, 0.25) is 0 Å². The van der Waals surface area contributed by atoms with Crippen LogP contribution in [0.15, 0.2) is 108 Å². The number of hydrogen-bond donors (Lipinski definition) is 0. The van der Waals surface area contributed by atoms with Crippen LogP contribution in [-0.2, 0) is 5.41 Å². The predicted molar refractivity (Wildman–Crippen MR) is 150 cm³/mol. The van der Waals surface area contributed by atoms with Crippen LogP contribution < -0.4 is 0 Å². The Morgan fingerprint density at radius 3 is 2.09 bits per heavy atom. The fourth-order valence-electron chi connectivity index (χ4n) is 5.97. The first-order chi connectivity index (χ1) is 16.5. The van der Waals surface area contributed by atoms with Crippen molar-refractivity contribution in [2.24, 2.45) is 0 Å². The average molecular weight is 499 g/mol. The summed E-state index contributed by atoms with van der Waals surface area (Å²) in [5.41, 5.74) is 8.08. The number of rotatable bonds is 1. The number of benzene rings is 6. The van der Waals surface area contributed by atoms with E-state index in [4.69, 9.17) is 0 Å². The lowest BCUT2D eigenvalue weighted by atomic mass is 9.81. The minimum atomic E-state index is -0.0195. The first kappa shape index (κ1) is 20.0. The van der Waals surface area contributed by atoms with Gasteiger partial charge in [0.25, 0.3) is 0 Å². The van der Waals surface area contributed by atoms with Crippen LogP contribution in [0.25, 0.3) is 54.6 Å². The van der Waals surface area contributed by atoms with Crippen molar-refractivity contribution in [2.75, 3.05) is 0 Å². The summed E-state index contributed by atoms with van der Waals surface area (Å²) in [6, 6.07) is 38.0. The van der Waals surface area contributed by atoms with Crippen molar-refractivity contribution >= 4 is 48.2 Å². The molecule has 0 nitrogen and oxygen atoms in total. The monoisotopic (exact) mass is 498 g/mol. The molecule has 0 saturated heterocycles. The quantitative estimate of drug-likeness (QED) is 0.198. The molecule has 0 spiro atoms. The Labute approximate surface area is 208 Å². The van der Waals surface area contributed by atoms with Crippen LogP contribution in [0.4, 0.5) is 0 Å². The van der Waals surface area contributed by atoms with Gasteiger partial charge in [0.2, 0.25) is 0 Å². The molecule has 162 valence electrons. The van der Waals surface area contributed by atoms with E-state index in [1.165, 1.54) is 70.2 Å². The van der Waals surface area contributed by atoms with Crippen LogP contribution >= 0.6 is 15.9 Å². The SMILES string of the molecule is CC1(C)c2ccccc2-c2cc3c(-c4ccc5ccccc5c4)c4ccccc4c(Br)c3cc21. The smallest absolute Gasteiger partial charge is 0.0332 e. The van der Waals surface area contributed by atoms with E-state index >= 15 is 0 Å². The van der Waals surface area contributed by atoms with Gasteiger partial charge in [0.1, 0.15) is 0 Å². The summed E-state index contributed by atoms with van der Waals surface area (Å²) in [5, 5.41) is 7.66. The molecule has 7 rings (SSSR count). The fraction of sp³-hybridized carbons (Fsp3) is 0.0909. The number of fused-ring (bicyclic) bond motifs is 6. The van der Waals surface area contributed by atoms with Gasteiger partial charge in [0, 0.05) is 9.89 Å². The summed E-state index contributed by atoms with van der Waals surface area (Å²) in [7, 11) is 0. The average Bonchev–Trinajstić information content (AvgIpc) is 3.10. The molecule has 0 heterocycles. The van der Waals surface area contributed by atoms with E-state index in [0.717, 1.165) is 0 Å². The molecule has 0 aliphatic heterocycles. The van der Waals surface area contributed by atoms with E-state index in [1.54, 1.807) is 0 Å². The summed E-state index contributed by atoms with van der Waals surface area (Å²) in [5.74, 6) is 0. The molecule has 0 fully saturated rings. The zero-order valence-electron chi connectivity index (χ0n) is 19.2. The Kier molecular flexibility index (Phi) is 4.14. The van der Waals surface area contributed by atoms with Gasteiger partial charge in [-0.05, 0) is 99.8 Å². The summed E-state index contributed by atoms with van der Waals surface area (Å²) in [6.45, 7) is 4.70. The van der Waals surface area contributed by atoms with E-state index in [-0.39, 0.29) is 5.41 Å². The molecular formula is C33H23Br. The van der Waals surface area contributed by atoms with Gasteiger partial charge in [0.05, 0.1) is 0 Å².